The molecule has 17 heavy (non-hydrogen) atoms. The lowest BCUT2D eigenvalue weighted by Crippen LogP contribution is -2.12. The van der Waals surface area contributed by atoms with E-state index in [-0.39, 0.29) is 0 Å². The van der Waals surface area contributed by atoms with Gasteiger partial charge in [-0.15, -0.1) is 6.58 Å². The Kier molecular flexibility index (Phi) is 6.74. The fourth-order valence-corrected chi connectivity index (χ4v) is 1.16. The molecule has 1 aromatic heterocycles. The topological polar surface area (TPSA) is 56.3 Å². The van der Waals surface area contributed by atoms with Gasteiger partial charge in [0.25, 0.3) is 0 Å². The lowest BCUT2D eigenvalue weighted by atomic mass is 10.4. The van der Waals surface area contributed by atoms with Crippen LogP contribution in [0.4, 0.5) is 5.95 Å². The fraction of sp³-hybridized carbons (Fsp3) is 0.500. The molecule has 1 aromatic rings. The van der Waals surface area contributed by atoms with Crippen molar-refractivity contribution in [2.24, 2.45) is 0 Å². The summed E-state index contributed by atoms with van der Waals surface area (Å²) in [5.41, 5.74) is 0. The first-order valence-electron chi connectivity index (χ1n) is 5.75. The number of nitrogens with one attached hydrogen (secondary N) is 1. The van der Waals surface area contributed by atoms with Crippen molar-refractivity contribution in [1.29, 1.82) is 0 Å². The summed E-state index contributed by atoms with van der Waals surface area (Å²) in [6, 6.07) is 1.73. The SMILES string of the molecule is C=CCCOCCNc1nccc(OCC)n1. The largest absolute Gasteiger partial charge is 0.478 e. The molecule has 0 aliphatic rings. The Morgan fingerprint density at radius 1 is 1.47 bits per heavy atom. The van der Waals surface area contributed by atoms with Gasteiger partial charge in [0.1, 0.15) is 0 Å². The first kappa shape index (κ1) is 13.4. The number of hydrogen-bond donors (Lipinski definition) is 1. The van der Waals surface area contributed by atoms with Gasteiger partial charge in [-0.1, -0.05) is 6.08 Å². The van der Waals surface area contributed by atoms with E-state index in [4.69, 9.17) is 9.47 Å². The van der Waals surface area contributed by atoms with Gasteiger partial charge in [0.05, 0.1) is 19.8 Å². The molecule has 0 bridgehead atoms. The maximum absolute atomic E-state index is 5.35. The number of aromatic nitrogens is 2. The molecular formula is C12H19N3O2. The van der Waals surface area contributed by atoms with Gasteiger partial charge < -0.3 is 14.8 Å². The molecule has 0 radical (unpaired) electrons. The van der Waals surface area contributed by atoms with Crippen LogP contribution in [0.15, 0.2) is 24.9 Å². The molecule has 0 unspecified atom stereocenters. The smallest absolute Gasteiger partial charge is 0.226 e. The number of anilines is 1. The zero-order chi connectivity index (χ0) is 12.3. The second kappa shape index (κ2) is 8.52. The third-order valence-electron chi connectivity index (χ3n) is 1.92. The van der Waals surface area contributed by atoms with Gasteiger partial charge in [-0.25, -0.2) is 4.98 Å². The molecule has 0 aliphatic heterocycles. The molecule has 0 spiro atoms. The Bertz CT molecular complexity index is 331. The van der Waals surface area contributed by atoms with Crippen molar-refractivity contribution in [1.82, 2.24) is 9.97 Å². The van der Waals surface area contributed by atoms with Gasteiger partial charge in [0.2, 0.25) is 11.8 Å². The van der Waals surface area contributed by atoms with Crippen molar-refractivity contribution in [2.45, 2.75) is 13.3 Å². The molecule has 0 atom stereocenters. The van der Waals surface area contributed by atoms with Gasteiger partial charge in [-0.05, 0) is 13.3 Å². The molecule has 0 fully saturated rings. The third-order valence-corrected chi connectivity index (χ3v) is 1.92. The number of nitrogens with zero attached hydrogens (tertiary/aromatic N) is 2. The maximum Gasteiger partial charge on any atom is 0.226 e. The van der Waals surface area contributed by atoms with E-state index in [1.165, 1.54) is 0 Å². The van der Waals surface area contributed by atoms with Crippen molar-refractivity contribution < 1.29 is 9.47 Å². The minimum Gasteiger partial charge on any atom is -0.478 e. The first-order valence-corrected chi connectivity index (χ1v) is 5.75. The average molecular weight is 237 g/mol. The van der Waals surface area contributed by atoms with Gasteiger partial charge in [0.15, 0.2) is 0 Å². The highest BCUT2D eigenvalue weighted by Gasteiger charge is 1.98. The van der Waals surface area contributed by atoms with Crippen molar-refractivity contribution in [3.8, 4) is 5.88 Å². The zero-order valence-corrected chi connectivity index (χ0v) is 10.2. The van der Waals surface area contributed by atoms with Gasteiger partial charge >= 0.3 is 0 Å². The summed E-state index contributed by atoms with van der Waals surface area (Å²) in [4.78, 5) is 8.26. The summed E-state index contributed by atoms with van der Waals surface area (Å²) >= 11 is 0. The summed E-state index contributed by atoms with van der Waals surface area (Å²) in [6.45, 7) is 8.14. The van der Waals surface area contributed by atoms with E-state index in [2.05, 4.69) is 21.9 Å². The van der Waals surface area contributed by atoms with Crippen LogP contribution in [0, 0.1) is 0 Å². The molecule has 0 amide bonds. The van der Waals surface area contributed by atoms with Crippen LogP contribution >= 0.6 is 0 Å². The van der Waals surface area contributed by atoms with Crippen LogP contribution in [0.3, 0.4) is 0 Å². The zero-order valence-electron chi connectivity index (χ0n) is 10.2. The van der Waals surface area contributed by atoms with Crippen molar-refractivity contribution in [3.05, 3.63) is 24.9 Å². The Hall–Kier alpha value is -1.62. The summed E-state index contributed by atoms with van der Waals surface area (Å²) in [5, 5.41) is 3.07. The van der Waals surface area contributed by atoms with Crippen molar-refractivity contribution >= 4 is 5.95 Å². The molecule has 5 nitrogen and oxygen atoms in total. The van der Waals surface area contributed by atoms with Crippen LogP contribution in [-0.4, -0.2) is 36.3 Å². The molecule has 5 heteroatoms. The maximum atomic E-state index is 5.35. The lowest BCUT2D eigenvalue weighted by molar-refractivity contribution is 0.148. The summed E-state index contributed by atoms with van der Waals surface area (Å²) < 4.78 is 10.6. The second-order valence-corrected chi connectivity index (χ2v) is 3.27. The predicted octanol–water partition coefficient (Wildman–Crippen LogP) is 1.88. The van der Waals surface area contributed by atoms with Crippen LogP contribution in [0.2, 0.25) is 0 Å². The van der Waals surface area contributed by atoms with Crippen LogP contribution in [0.1, 0.15) is 13.3 Å². The monoisotopic (exact) mass is 237 g/mol. The Balaban J connectivity index is 2.21. The quantitative estimate of drug-likeness (QED) is 0.525. The standard InChI is InChI=1S/C12H19N3O2/c1-3-5-9-16-10-8-14-12-13-7-6-11(15-12)17-4-2/h3,6-7H,1,4-5,8-10H2,2H3,(H,13,14,15). The number of rotatable bonds is 9. The molecule has 0 aliphatic carbocycles. The third kappa shape index (κ3) is 5.87. The molecule has 0 saturated carbocycles. The Morgan fingerprint density at radius 2 is 2.35 bits per heavy atom. The van der Waals surface area contributed by atoms with E-state index in [1.54, 1.807) is 12.3 Å². The predicted molar refractivity (Wildman–Crippen MR) is 67.3 cm³/mol. The van der Waals surface area contributed by atoms with E-state index in [0.717, 1.165) is 6.42 Å². The molecule has 1 N–H and O–H groups in total. The Labute approximate surface area is 102 Å². The molecule has 0 aromatic carbocycles. The van der Waals surface area contributed by atoms with Gasteiger partial charge in [-0.2, -0.15) is 4.98 Å². The van der Waals surface area contributed by atoms with Crippen LogP contribution in [0.5, 0.6) is 5.88 Å². The van der Waals surface area contributed by atoms with E-state index in [0.29, 0.717) is 38.2 Å². The average Bonchev–Trinajstić information content (AvgIpc) is 2.35. The first-order chi connectivity index (χ1) is 8.36. The number of hydrogen-bond acceptors (Lipinski definition) is 5. The van der Waals surface area contributed by atoms with Crippen LogP contribution < -0.4 is 10.1 Å². The Morgan fingerprint density at radius 3 is 3.12 bits per heavy atom. The van der Waals surface area contributed by atoms with Gasteiger partial charge in [-0.3, -0.25) is 0 Å². The van der Waals surface area contributed by atoms with Crippen LogP contribution in [-0.2, 0) is 4.74 Å². The minimum absolute atomic E-state index is 0.559. The highest BCUT2D eigenvalue weighted by atomic mass is 16.5. The molecule has 94 valence electrons. The minimum atomic E-state index is 0.559. The van der Waals surface area contributed by atoms with E-state index in [9.17, 15) is 0 Å². The summed E-state index contributed by atoms with van der Waals surface area (Å²) in [7, 11) is 0. The van der Waals surface area contributed by atoms with E-state index in [1.807, 2.05) is 13.0 Å². The van der Waals surface area contributed by atoms with E-state index < -0.39 is 0 Å². The van der Waals surface area contributed by atoms with Crippen molar-refractivity contribution in [2.75, 3.05) is 31.7 Å². The molecule has 1 rings (SSSR count). The number of ether oxygens (including phenoxy) is 2. The summed E-state index contributed by atoms with van der Waals surface area (Å²) in [6.07, 6.45) is 4.37. The van der Waals surface area contributed by atoms with Crippen LogP contribution in [0.25, 0.3) is 0 Å². The van der Waals surface area contributed by atoms with Crippen molar-refractivity contribution in [3.63, 3.8) is 0 Å². The van der Waals surface area contributed by atoms with E-state index >= 15 is 0 Å². The highest BCUT2D eigenvalue weighted by molar-refractivity contribution is 5.27. The van der Waals surface area contributed by atoms with Gasteiger partial charge in [0, 0.05) is 18.8 Å². The molecule has 0 saturated heterocycles. The lowest BCUT2D eigenvalue weighted by Gasteiger charge is -2.06. The summed E-state index contributed by atoms with van der Waals surface area (Å²) in [5.74, 6) is 1.14. The highest BCUT2D eigenvalue weighted by Crippen LogP contribution is 2.07. The normalized spacial score (nSPS) is 9.94. The molecular weight excluding hydrogens is 218 g/mol. The fourth-order valence-electron chi connectivity index (χ4n) is 1.16. The second-order valence-electron chi connectivity index (χ2n) is 3.27. The molecule has 1 heterocycles.